The molecule has 0 atom stereocenters. The van der Waals surface area contributed by atoms with Crippen LogP contribution >= 0.6 is 22.7 Å². The number of thiazole rings is 1. The number of rotatable bonds is 6. The van der Waals surface area contributed by atoms with Gasteiger partial charge in [0.1, 0.15) is 5.01 Å². The number of aromatic nitrogens is 1. The molecular formula is C13H18N2OS2. The average Bonchev–Trinajstić information content (AvgIpc) is 2.95. The van der Waals surface area contributed by atoms with Crippen LogP contribution in [0.3, 0.4) is 0 Å². The summed E-state index contributed by atoms with van der Waals surface area (Å²) in [5.41, 5.74) is 1.05. The summed E-state index contributed by atoms with van der Waals surface area (Å²) in [6.45, 7) is 5.74. The van der Waals surface area contributed by atoms with Gasteiger partial charge in [-0.05, 0) is 11.4 Å². The van der Waals surface area contributed by atoms with Crippen LogP contribution in [0.4, 0.5) is 0 Å². The first-order valence-electron chi connectivity index (χ1n) is 5.95. The first-order chi connectivity index (χ1) is 8.70. The van der Waals surface area contributed by atoms with E-state index in [1.54, 1.807) is 29.8 Å². The number of ether oxygens (including phenoxy) is 1. The van der Waals surface area contributed by atoms with Crippen LogP contribution in [0, 0.1) is 0 Å². The molecule has 2 aromatic rings. The van der Waals surface area contributed by atoms with E-state index in [0.717, 1.165) is 17.2 Å². The summed E-state index contributed by atoms with van der Waals surface area (Å²) in [6, 6.07) is 4.65. The molecule has 1 N–H and O–H groups in total. The van der Waals surface area contributed by atoms with Crippen molar-refractivity contribution in [2.45, 2.75) is 33.0 Å². The summed E-state index contributed by atoms with van der Waals surface area (Å²) in [7, 11) is 1.71. The Morgan fingerprint density at radius 1 is 1.44 bits per heavy atom. The van der Waals surface area contributed by atoms with E-state index in [9.17, 15) is 0 Å². The normalized spacial score (nSPS) is 11.3. The Morgan fingerprint density at radius 3 is 2.89 bits per heavy atom. The zero-order valence-electron chi connectivity index (χ0n) is 10.9. The van der Waals surface area contributed by atoms with Crippen molar-refractivity contribution in [2.24, 2.45) is 0 Å². The van der Waals surface area contributed by atoms with E-state index in [2.05, 4.69) is 41.7 Å². The molecule has 98 valence electrons. The highest BCUT2D eigenvalue weighted by atomic mass is 32.1. The Bertz CT molecular complexity index is 477. The molecule has 2 heterocycles. The fourth-order valence-corrected chi connectivity index (χ4v) is 3.39. The van der Waals surface area contributed by atoms with Crippen LogP contribution < -0.4 is 5.32 Å². The highest BCUT2D eigenvalue weighted by Crippen LogP contribution is 2.31. The molecule has 0 spiro atoms. The molecule has 0 fully saturated rings. The quantitative estimate of drug-likeness (QED) is 0.880. The maximum absolute atomic E-state index is 5.23. The van der Waals surface area contributed by atoms with Crippen molar-refractivity contribution in [3.8, 4) is 9.88 Å². The lowest BCUT2D eigenvalue weighted by molar-refractivity contribution is 0.181. The van der Waals surface area contributed by atoms with E-state index in [1.165, 1.54) is 9.75 Å². The van der Waals surface area contributed by atoms with Gasteiger partial charge in [-0.1, -0.05) is 19.9 Å². The smallest absolute Gasteiger partial charge is 0.134 e. The van der Waals surface area contributed by atoms with Crippen molar-refractivity contribution >= 4 is 22.7 Å². The molecule has 0 bridgehead atoms. The molecular weight excluding hydrogens is 264 g/mol. The fraction of sp³-hybridized carbons (Fsp3) is 0.462. The first-order valence-corrected chi connectivity index (χ1v) is 7.65. The molecule has 2 aromatic heterocycles. The molecule has 0 aliphatic heterocycles. The van der Waals surface area contributed by atoms with Gasteiger partial charge in [0.05, 0.1) is 17.2 Å². The maximum atomic E-state index is 5.23. The molecule has 0 aliphatic carbocycles. The van der Waals surface area contributed by atoms with Gasteiger partial charge in [0.25, 0.3) is 0 Å². The molecule has 0 aromatic carbocycles. The molecule has 5 heteroatoms. The minimum Gasteiger partial charge on any atom is -0.378 e. The van der Waals surface area contributed by atoms with E-state index in [4.69, 9.17) is 4.74 Å². The Kier molecular flexibility index (Phi) is 4.88. The summed E-state index contributed by atoms with van der Waals surface area (Å²) in [4.78, 5) is 7.19. The molecule has 0 aliphatic rings. The average molecular weight is 282 g/mol. The summed E-state index contributed by atoms with van der Waals surface area (Å²) in [5, 5.41) is 6.61. The van der Waals surface area contributed by atoms with Gasteiger partial charge in [0.2, 0.25) is 0 Å². The van der Waals surface area contributed by atoms with Crippen molar-refractivity contribution in [1.29, 1.82) is 0 Å². The van der Waals surface area contributed by atoms with Crippen LogP contribution in [0.2, 0.25) is 0 Å². The largest absolute Gasteiger partial charge is 0.378 e. The minimum atomic E-state index is 0.479. The molecule has 0 saturated heterocycles. The van der Waals surface area contributed by atoms with Gasteiger partial charge >= 0.3 is 0 Å². The first kappa shape index (κ1) is 13.7. The molecule has 0 unspecified atom stereocenters. The highest BCUT2D eigenvalue weighted by Gasteiger charge is 2.13. The number of hydrogen-bond donors (Lipinski definition) is 1. The fourth-order valence-electron chi connectivity index (χ4n) is 1.57. The zero-order chi connectivity index (χ0) is 13.0. The lowest BCUT2D eigenvalue weighted by Gasteiger charge is -2.07. The van der Waals surface area contributed by atoms with Gasteiger partial charge in [-0.25, -0.2) is 4.98 Å². The Labute approximate surface area is 116 Å². The number of thiophene rings is 1. The lowest BCUT2D eigenvalue weighted by atomic mass is 10.3. The van der Waals surface area contributed by atoms with Gasteiger partial charge < -0.3 is 10.1 Å². The zero-order valence-corrected chi connectivity index (χ0v) is 12.5. The highest BCUT2D eigenvalue weighted by molar-refractivity contribution is 7.21. The summed E-state index contributed by atoms with van der Waals surface area (Å²) in [6.07, 6.45) is 0. The van der Waals surface area contributed by atoms with Crippen LogP contribution in [-0.2, 0) is 17.9 Å². The topological polar surface area (TPSA) is 34.1 Å². The predicted molar refractivity (Wildman–Crippen MR) is 78.1 cm³/mol. The van der Waals surface area contributed by atoms with E-state index < -0.39 is 0 Å². The Hall–Kier alpha value is -0.750. The molecule has 0 radical (unpaired) electrons. The standard InChI is InChI=1S/C13H18N2OS2/c1-9(2)14-7-12-10(8-16-3)15-13(18-12)11-5-4-6-17-11/h4-6,9,14H,7-8H2,1-3H3. The van der Waals surface area contributed by atoms with E-state index in [-0.39, 0.29) is 0 Å². The van der Waals surface area contributed by atoms with Crippen LogP contribution in [0.15, 0.2) is 17.5 Å². The van der Waals surface area contributed by atoms with Crippen molar-refractivity contribution in [3.05, 3.63) is 28.1 Å². The van der Waals surface area contributed by atoms with E-state index >= 15 is 0 Å². The Morgan fingerprint density at radius 2 is 2.28 bits per heavy atom. The Balaban J connectivity index is 2.21. The molecule has 0 amide bonds. The molecule has 2 rings (SSSR count). The summed E-state index contributed by atoms with van der Waals surface area (Å²) < 4.78 is 5.23. The van der Waals surface area contributed by atoms with Gasteiger partial charge in [0, 0.05) is 24.6 Å². The third-order valence-electron chi connectivity index (χ3n) is 2.46. The third-order valence-corrected chi connectivity index (χ3v) is 4.60. The monoisotopic (exact) mass is 282 g/mol. The molecule has 18 heavy (non-hydrogen) atoms. The second-order valence-electron chi connectivity index (χ2n) is 4.33. The van der Waals surface area contributed by atoms with E-state index in [0.29, 0.717) is 12.6 Å². The predicted octanol–water partition coefficient (Wildman–Crippen LogP) is 3.52. The van der Waals surface area contributed by atoms with Crippen molar-refractivity contribution < 1.29 is 4.74 Å². The number of methoxy groups -OCH3 is 1. The second kappa shape index (κ2) is 6.43. The van der Waals surface area contributed by atoms with Crippen LogP contribution in [-0.4, -0.2) is 18.1 Å². The van der Waals surface area contributed by atoms with Crippen LogP contribution in [0.25, 0.3) is 9.88 Å². The third kappa shape index (κ3) is 3.38. The van der Waals surface area contributed by atoms with Gasteiger partial charge in [-0.3, -0.25) is 0 Å². The van der Waals surface area contributed by atoms with Crippen molar-refractivity contribution in [1.82, 2.24) is 10.3 Å². The molecule has 3 nitrogen and oxygen atoms in total. The number of nitrogens with one attached hydrogen (secondary N) is 1. The number of nitrogens with zero attached hydrogens (tertiary/aromatic N) is 1. The van der Waals surface area contributed by atoms with Gasteiger partial charge in [0.15, 0.2) is 0 Å². The van der Waals surface area contributed by atoms with Crippen molar-refractivity contribution in [2.75, 3.05) is 7.11 Å². The minimum absolute atomic E-state index is 0.479. The maximum Gasteiger partial charge on any atom is 0.134 e. The van der Waals surface area contributed by atoms with Crippen LogP contribution in [0.5, 0.6) is 0 Å². The van der Waals surface area contributed by atoms with E-state index in [1.807, 2.05) is 0 Å². The summed E-state index contributed by atoms with van der Waals surface area (Å²) in [5.74, 6) is 0. The molecule has 0 saturated carbocycles. The SMILES string of the molecule is COCc1nc(-c2cccs2)sc1CNC(C)C. The number of hydrogen-bond acceptors (Lipinski definition) is 5. The van der Waals surface area contributed by atoms with Gasteiger partial charge in [-0.2, -0.15) is 0 Å². The van der Waals surface area contributed by atoms with Crippen molar-refractivity contribution in [3.63, 3.8) is 0 Å². The van der Waals surface area contributed by atoms with Gasteiger partial charge in [-0.15, -0.1) is 22.7 Å². The van der Waals surface area contributed by atoms with Crippen LogP contribution in [0.1, 0.15) is 24.4 Å². The summed E-state index contributed by atoms with van der Waals surface area (Å²) >= 11 is 3.48. The lowest BCUT2D eigenvalue weighted by Crippen LogP contribution is -2.21. The second-order valence-corrected chi connectivity index (χ2v) is 6.37.